The number of carbonyl (C=O) groups excluding carboxylic acids is 1. The standard InChI is InChI=1S/C18H23FN4O2/c1-12-9-17(21-23(12)15-7-4-6-14(19)10-15)20-18(25)22(2)11-13-5-3-8-16(13)24/h4,6-7,9-10,13,16,24H,3,5,8,11H2,1-2H3,(H,20,21,25). The van der Waals surface area contributed by atoms with Crippen molar-refractivity contribution < 1.29 is 14.3 Å². The predicted octanol–water partition coefficient (Wildman–Crippen LogP) is 2.94. The zero-order valence-corrected chi connectivity index (χ0v) is 14.4. The fourth-order valence-electron chi connectivity index (χ4n) is 3.27. The average molecular weight is 346 g/mol. The molecule has 1 fully saturated rings. The van der Waals surface area contributed by atoms with E-state index in [0.29, 0.717) is 18.1 Å². The fraction of sp³-hybridized carbons (Fsp3) is 0.444. The van der Waals surface area contributed by atoms with E-state index < -0.39 is 0 Å². The van der Waals surface area contributed by atoms with Crippen molar-refractivity contribution in [2.75, 3.05) is 18.9 Å². The zero-order chi connectivity index (χ0) is 18.0. The number of nitrogens with one attached hydrogen (secondary N) is 1. The molecule has 0 bridgehead atoms. The minimum Gasteiger partial charge on any atom is -0.393 e. The molecule has 7 heteroatoms. The van der Waals surface area contributed by atoms with Crippen LogP contribution >= 0.6 is 0 Å². The molecule has 1 saturated carbocycles. The lowest BCUT2D eigenvalue weighted by atomic mass is 10.1. The van der Waals surface area contributed by atoms with E-state index in [2.05, 4.69) is 10.4 Å². The monoisotopic (exact) mass is 346 g/mol. The number of anilines is 1. The summed E-state index contributed by atoms with van der Waals surface area (Å²) in [5.41, 5.74) is 1.38. The Kier molecular flexibility index (Phi) is 5.03. The van der Waals surface area contributed by atoms with Crippen molar-refractivity contribution in [3.8, 4) is 5.69 Å². The van der Waals surface area contributed by atoms with Gasteiger partial charge in [-0.15, -0.1) is 5.10 Å². The molecule has 25 heavy (non-hydrogen) atoms. The molecule has 1 aliphatic rings. The van der Waals surface area contributed by atoms with Crippen molar-refractivity contribution in [3.63, 3.8) is 0 Å². The van der Waals surface area contributed by atoms with Crippen molar-refractivity contribution in [2.24, 2.45) is 5.92 Å². The maximum absolute atomic E-state index is 13.4. The van der Waals surface area contributed by atoms with Crippen LogP contribution < -0.4 is 5.32 Å². The minimum atomic E-state index is -0.340. The molecular weight excluding hydrogens is 323 g/mol. The van der Waals surface area contributed by atoms with Crippen LogP contribution in [0.1, 0.15) is 25.0 Å². The molecule has 1 aliphatic carbocycles. The third-order valence-corrected chi connectivity index (χ3v) is 4.65. The minimum absolute atomic E-state index is 0.127. The van der Waals surface area contributed by atoms with Crippen molar-refractivity contribution in [1.82, 2.24) is 14.7 Å². The van der Waals surface area contributed by atoms with Gasteiger partial charge in [0.2, 0.25) is 0 Å². The molecule has 2 amide bonds. The number of amides is 2. The molecular formula is C18H23FN4O2. The highest BCUT2D eigenvalue weighted by molar-refractivity contribution is 5.88. The molecule has 2 aromatic rings. The number of urea groups is 1. The van der Waals surface area contributed by atoms with Gasteiger partial charge in [-0.2, -0.15) is 0 Å². The first-order valence-electron chi connectivity index (χ1n) is 8.47. The summed E-state index contributed by atoms with van der Waals surface area (Å²) >= 11 is 0. The topological polar surface area (TPSA) is 70.4 Å². The summed E-state index contributed by atoms with van der Waals surface area (Å²) in [6.45, 7) is 2.35. The Morgan fingerprint density at radius 2 is 2.24 bits per heavy atom. The Morgan fingerprint density at radius 1 is 1.44 bits per heavy atom. The third kappa shape index (κ3) is 3.99. The molecule has 2 N–H and O–H groups in total. The number of carbonyl (C=O) groups is 1. The van der Waals surface area contributed by atoms with Gasteiger partial charge in [-0.1, -0.05) is 12.5 Å². The smallest absolute Gasteiger partial charge is 0.322 e. The van der Waals surface area contributed by atoms with E-state index in [9.17, 15) is 14.3 Å². The number of halogens is 1. The summed E-state index contributed by atoms with van der Waals surface area (Å²) in [7, 11) is 1.71. The Balaban J connectivity index is 1.66. The second-order valence-electron chi connectivity index (χ2n) is 6.63. The molecule has 0 aliphatic heterocycles. The second-order valence-corrected chi connectivity index (χ2v) is 6.63. The van der Waals surface area contributed by atoms with Crippen molar-refractivity contribution in [2.45, 2.75) is 32.3 Å². The highest BCUT2D eigenvalue weighted by Crippen LogP contribution is 2.26. The summed E-state index contributed by atoms with van der Waals surface area (Å²) < 4.78 is 15.0. The SMILES string of the molecule is Cc1cc(NC(=O)N(C)CC2CCCC2O)nn1-c1cccc(F)c1. The highest BCUT2D eigenvalue weighted by atomic mass is 19.1. The summed E-state index contributed by atoms with van der Waals surface area (Å²) in [6.07, 6.45) is 2.41. The van der Waals surface area contributed by atoms with E-state index in [0.717, 1.165) is 25.0 Å². The van der Waals surface area contributed by atoms with Gasteiger partial charge in [-0.05, 0) is 38.0 Å². The number of hydrogen-bond acceptors (Lipinski definition) is 3. The summed E-state index contributed by atoms with van der Waals surface area (Å²) in [6, 6.07) is 7.59. The van der Waals surface area contributed by atoms with Crippen LogP contribution in [0.2, 0.25) is 0 Å². The molecule has 0 spiro atoms. The molecule has 1 aromatic carbocycles. The summed E-state index contributed by atoms with van der Waals surface area (Å²) in [5, 5.41) is 17.0. The lowest BCUT2D eigenvalue weighted by molar-refractivity contribution is 0.116. The zero-order valence-electron chi connectivity index (χ0n) is 14.4. The van der Waals surface area contributed by atoms with Crippen molar-refractivity contribution >= 4 is 11.8 Å². The number of rotatable bonds is 4. The number of nitrogens with zero attached hydrogens (tertiary/aromatic N) is 3. The number of aryl methyl sites for hydroxylation is 1. The Hall–Kier alpha value is -2.41. The normalized spacial score (nSPS) is 19.8. The number of hydrogen-bond donors (Lipinski definition) is 2. The van der Waals surface area contributed by atoms with Crippen LogP contribution in [0.4, 0.5) is 15.0 Å². The number of benzene rings is 1. The molecule has 0 radical (unpaired) electrons. The molecule has 3 rings (SSSR count). The first kappa shape index (κ1) is 17.4. The molecule has 6 nitrogen and oxygen atoms in total. The van der Waals surface area contributed by atoms with E-state index in [1.165, 1.54) is 12.1 Å². The van der Waals surface area contributed by atoms with Gasteiger partial charge in [0.1, 0.15) is 5.82 Å². The fourth-order valence-corrected chi connectivity index (χ4v) is 3.27. The average Bonchev–Trinajstić information content (AvgIpc) is 3.13. The first-order chi connectivity index (χ1) is 11.9. The molecule has 1 aromatic heterocycles. The van der Waals surface area contributed by atoms with E-state index in [-0.39, 0.29) is 23.9 Å². The number of aliphatic hydroxyl groups excluding tert-OH is 1. The van der Waals surface area contributed by atoms with E-state index in [1.54, 1.807) is 34.8 Å². The number of aromatic nitrogens is 2. The lowest BCUT2D eigenvalue weighted by Gasteiger charge is -2.23. The molecule has 2 atom stereocenters. The predicted molar refractivity (Wildman–Crippen MR) is 93.3 cm³/mol. The van der Waals surface area contributed by atoms with Crippen LogP contribution in [0.25, 0.3) is 5.69 Å². The second kappa shape index (κ2) is 7.23. The molecule has 0 saturated heterocycles. The third-order valence-electron chi connectivity index (χ3n) is 4.65. The van der Waals surface area contributed by atoms with Crippen molar-refractivity contribution in [1.29, 1.82) is 0 Å². The van der Waals surface area contributed by atoms with Gasteiger partial charge in [-0.3, -0.25) is 5.32 Å². The molecule has 1 heterocycles. The van der Waals surface area contributed by atoms with Gasteiger partial charge >= 0.3 is 6.03 Å². The van der Waals surface area contributed by atoms with Gasteiger partial charge in [0.25, 0.3) is 0 Å². The van der Waals surface area contributed by atoms with Crippen LogP contribution in [0.15, 0.2) is 30.3 Å². The van der Waals surface area contributed by atoms with Crippen LogP contribution in [0.3, 0.4) is 0 Å². The summed E-state index contributed by atoms with van der Waals surface area (Å²) in [4.78, 5) is 13.9. The van der Waals surface area contributed by atoms with Crippen molar-refractivity contribution in [3.05, 3.63) is 41.8 Å². The van der Waals surface area contributed by atoms with Gasteiger partial charge < -0.3 is 10.0 Å². The maximum atomic E-state index is 13.4. The molecule has 2 unspecified atom stereocenters. The van der Waals surface area contributed by atoms with Gasteiger partial charge in [0, 0.05) is 31.3 Å². The van der Waals surface area contributed by atoms with Gasteiger partial charge in [0.05, 0.1) is 11.8 Å². The van der Waals surface area contributed by atoms with Crippen LogP contribution in [0.5, 0.6) is 0 Å². The molecule has 134 valence electrons. The Bertz CT molecular complexity index is 761. The largest absolute Gasteiger partial charge is 0.393 e. The van der Waals surface area contributed by atoms with E-state index in [4.69, 9.17) is 0 Å². The number of aliphatic hydroxyl groups is 1. The van der Waals surface area contributed by atoms with Crippen LogP contribution in [-0.4, -0.2) is 45.5 Å². The highest BCUT2D eigenvalue weighted by Gasteiger charge is 2.27. The first-order valence-corrected chi connectivity index (χ1v) is 8.47. The van der Waals surface area contributed by atoms with Crippen LogP contribution in [-0.2, 0) is 0 Å². The maximum Gasteiger partial charge on any atom is 0.322 e. The Labute approximate surface area is 146 Å². The quantitative estimate of drug-likeness (QED) is 0.894. The Morgan fingerprint density at radius 3 is 2.92 bits per heavy atom. The lowest BCUT2D eigenvalue weighted by Crippen LogP contribution is -2.37. The summed E-state index contributed by atoms with van der Waals surface area (Å²) in [5.74, 6) is 0.195. The van der Waals surface area contributed by atoms with Gasteiger partial charge in [-0.25, -0.2) is 13.9 Å². The van der Waals surface area contributed by atoms with Gasteiger partial charge in [0.15, 0.2) is 5.82 Å². The van der Waals surface area contributed by atoms with Crippen LogP contribution in [0, 0.1) is 18.7 Å². The van der Waals surface area contributed by atoms with E-state index >= 15 is 0 Å². The van der Waals surface area contributed by atoms with E-state index in [1.807, 2.05) is 6.92 Å².